The number of carboxylic acids is 1. The average molecular weight is 350 g/mol. The van der Waals surface area contributed by atoms with E-state index in [1.54, 1.807) is 12.3 Å². The van der Waals surface area contributed by atoms with Gasteiger partial charge in [-0.1, -0.05) is 0 Å². The second kappa shape index (κ2) is 7.41. The number of rotatable bonds is 7. The van der Waals surface area contributed by atoms with Crippen molar-refractivity contribution in [2.45, 2.75) is 24.8 Å². The third-order valence-corrected chi connectivity index (χ3v) is 4.72. The lowest BCUT2D eigenvalue weighted by Crippen LogP contribution is -2.24. The van der Waals surface area contributed by atoms with Crippen LogP contribution >= 0.6 is 0 Å². The van der Waals surface area contributed by atoms with Crippen molar-refractivity contribution in [1.82, 2.24) is 9.71 Å². The van der Waals surface area contributed by atoms with Gasteiger partial charge in [0.15, 0.2) is 0 Å². The molecule has 1 heterocycles. The van der Waals surface area contributed by atoms with E-state index < -0.39 is 16.0 Å². The molecule has 2 rings (SSSR count). The molecular weight excluding hydrogens is 332 g/mol. The van der Waals surface area contributed by atoms with Gasteiger partial charge in [0.05, 0.1) is 30.7 Å². The minimum Gasteiger partial charge on any atom is -0.496 e. The molecule has 0 saturated heterocycles. The van der Waals surface area contributed by atoms with Crippen LogP contribution in [0.15, 0.2) is 41.4 Å². The van der Waals surface area contributed by atoms with Gasteiger partial charge in [0.1, 0.15) is 5.75 Å². The Morgan fingerprint density at radius 1 is 1.29 bits per heavy atom. The van der Waals surface area contributed by atoms with Crippen LogP contribution in [-0.2, 0) is 27.8 Å². The normalized spacial score (nSPS) is 11.2. The molecular formula is C16H18N2O5S. The smallest absolute Gasteiger partial charge is 0.307 e. The Kier molecular flexibility index (Phi) is 5.53. The fraction of sp³-hybridized carbons (Fsp3) is 0.250. The molecule has 0 aliphatic rings. The Morgan fingerprint density at radius 3 is 2.67 bits per heavy atom. The van der Waals surface area contributed by atoms with E-state index in [-0.39, 0.29) is 17.9 Å². The van der Waals surface area contributed by atoms with Gasteiger partial charge in [0.25, 0.3) is 0 Å². The summed E-state index contributed by atoms with van der Waals surface area (Å²) in [6, 6.07) is 7.72. The lowest BCUT2D eigenvalue weighted by molar-refractivity contribution is -0.136. The van der Waals surface area contributed by atoms with E-state index in [1.807, 2.05) is 13.0 Å². The number of pyridine rings is 1. The maximum atomic E-state index is 12.4. The molecule has 0 atom stereocenters. The number of ether oxygens (including phenoxy) is 1. The van der Waals surface area contributed by atoms with E-state index in [4.69, 9.17) is 9.84 Å². The summed E-state index contributed by atoms with van der Waals surface area (Å²) in [5.74, 6) is -0.739. The first kappa shape index (κ1) is 17.9. The lowest BCUT2D eigenvalue weighted by atomic mass is 10.1. The summed E-state index contributed by atoms with van der Waals surface area (Å²) in [4.78, 5) is 15.0. The summed E-state index contributed by atoms with van der Waals surface area (Å²) in [5.41, 5.74) is 1.87. The first-order valence-corrected chi connectivity index (χ1v) is 8.60. The number of methoxy groups -OCH3 is 1. The predicted octanol–water partition coefficient (Wildman–Crippen LogP) is 1.50. The van der Waals surface area contributed by atoms with Gasteiger partial charge in [0, 0.05) is 11.8 Å². The number of aryl methyl sites for hydroxylation is 1. The Morgan fingerprint density at radius 2 is 2.04 bits per heavy atom. The fourth-order valence-electron chi connectivity index (χ4n) is 2.17. The summed E-state index contributed by atoms with van der Waals surface area (Å²) in [7, 11) is -2.39. The highest BCUT2D eigenvalue weighted by Crippen LogP contribution is 2.23. The van der Waals surface area contributed by atoms with E-state index in [0.717, 1.165) is 5.56 Å². The highest BCUT2D eigenvalue weighted by atomic mass is 32.2. The van der Waals surface area contributed by atoms with Crippen LogP contribution in [0.5, 0.6) is 5.75 Å². The topological polar surface area (TPSA) is 106 Å². The Balaban J connectivity index is 2.23. The number of hydrogen-bond acceptors (Lipinski definition) is 5. The zero-order valence-corrected chi connectivity index (χ0v) is 14.1. The monoisotopic (exact) mass is 350 g/mol. The van der Waals surface area contributed by atoms with Crippen LogP contribution < -0.4 is 9.46 Å². The van der Waals surface area contributed by atoms with E-state index >= 15 is 0 Å². The molecule has 2 aromatic rings. The van der Waals surface area contributed by atoms with E-state index in [9.17, 15) is 13.2 Å². The van der Waals surface area contributed by atoms with Crippen molar-refractivity contribution in [3.05, 3.63) is 53.3 Å². The number of nitrogens with one attached hydrogen (secondary N) is 1. The number of hydrogen-bond donors (Lipinski definition) is 2. The molecule has 2 N–H and O–H groups in total. The van der Waals surface area contributed by atoms with Crippen LogP contribution in [0.3, 0.4) is 0 Å². The molecule has 0 saturated carbocycles. The third-order valence-electron chi connectivity index (χ3n) is 3.32. The zero-order chi connectivity index (χ0) is 17.7. The maximum absolute atomic E-state index is 12.4. The maximum Gasteiger partial charge on any atom is 0.307 e. The van der Waals surface area contributed by atoms with Gasteiger partial charge in [-0.05, 0) is 42.8 Å². The van der Waals surface area contributed by atoms with Crippen LogP contribution in [0.1, 0.15) is 16.8 Å². The zero-order valence-electron chi connectivity index (χ0n) is 13.3. The highest BCUT2D eigenvalue weighted by molar-refractivity contribution is 7.89. The number of carbonyl (C=O) groups is 1. The van der Waals surface area contributed by atoms with Crippen molar-refractivity contribution in [3.63, 3.8) is 0 Å². The SMILES string of the molecule is COc1ccc(S(=O)(=O)NCc2cc(C)ccn2)cc1CC(=O)O. The second-order valence-electron chi connectivity index (χ2n) is 5.19. The molecule has 7 nitrogen and oxygen atoms in total. The highest BCUT2D eigenvalue weighted by Gasteiger charge is 2.17. The Hall–Kier alpha value is -2.45. The van der Waals surface area contributed by atoms with Gasteiger partial charge in [-0.2, -0.15) is 0 Å². The van der Waals surface area contributed by atoms with Crippen LogP contribution in [0, 0.1) is 6.92 Å². The molecule has 24 heavy (non-hydrogen) atoms. The molecule has 0 aliphatic heterocycles. The molecule has 0 aliphatic carbocycles. The molecule has 0 spiro atoms. The van der Waals surface area contributed by atoms with Gasteiger partial charge in [-0.3, -0.25) is 9.78 Å². The molecule has 0 amide bonds. The molecule has 128 valence electrons. The van der Waals surface area contributed by atoms with Crippen molar-refractivity contribution >= 4 is 16.0 Å². The Labute approximate surface area is 140 Å². The van der Waals surface area contributed by atoms with Crippen LogP contribution in [0.2, 0.25) is 0 Å². The summed E-state index contributed by atoms with van der Waals surface area (Å²) < 4.78 is 32.3. The van der Waals surface area contributed by atoms with Gasteiger partial charge < -0.3 is 9.84 Å². The number of sulfonamides is 1. The quantitative estimate of drug-likeness (QED) is 0.784. The molecule has 1 aromatic heterocycles. The van der Waals surface area contributed by atoms with Gasteiger partial charge in [-0.15, -0.1) is 0 Å². The predicted molar refractivity (Wildman–Crippen MR) is 87.3 cm³/mol. The van der Waals surface area contributed by atoms with Crippen LogP contribution in [0.25, 0.3) is 0 Å². The van der Waals surface area contributed by atoms with Crippen molar-refractivity contribution in [2.24, 2.45) is 0 Å². The van der Waals surface area contributed by atoms with Crippen LogP contribution in [0.4, 0.5) is 0 Å². The summed E-state index contributed by atoms with van der Waals surface area (Å²) in [6.45, 7) is 1.94. The van der Waals surface area contributed by atoms with Crippen molar-refractivity contribution in [3.8, 4) is 5.75 Å². The van der Waals surface area contributed by atoms with Crippen molar-refractivity contribution < 1.29 is 23.1 Å². The Bertz CT molecular complexity index is 849. The van der Waals surface area contributed by atoms with E-state index in [2.05, 4.69) is 9.71 Å². The number of aliphatic carboxylic acids is 1. The lowest BCUT2D eigenvalue weighted by Gasteiger charge is -2.11. The van der Waals surface area contributed by atoms with Gasteiger partial charge >= 0.3 is 5.97 Å². The van der Waals surface area contributed by atoms with E-state index in [1.165, 1.54) is 25.3 Å². The van der Waals surface area contributed by atoms with E-state index in [0.29, 0.717) is 17.0 Å². The second-order valence-corrected chi connectivity index (χ2v) is 6.96. The summed E-state index contributed by atoms with van der Waals surface area (Å²) in [6.07, 6.45) is 1.28. The van der Waals surface area contributed by atoms with Gasteiger partial charge in [0.2, 0.25) is 10.0 Å². The molecule has 0 bridgehead atoms. The van der Waals surface area contributed by atoms with Crippen LogP contribution in [-0.4, -0.2) is 31.6 Å². The van der Waals surface area contributed by atoms with Crippen molar-refractivity contribution in [2.75, 3.05) is 7.11 Å². The number of aromatic nitrogens is 1. The summed E-state index contributed by atoms with van der Waals surface area (Å²) in [5, 5.41) is 8.93. The third kappa shape index (κ3) is 4.53. The van der Waals surface area contributed by atoms with Crippen molar-refractivity contribution in [1.29, 1.82) is 0 Å². The molecule has 0 radical (unpaired) electrons. The number of carboxylic acid groups (broad SMARTS) is 1. The minimum atomic E-state index is -3.79. The molecule has 1 aromatic carbocycles. The fourth-order valence-corrected chi connectivity index (χ4v) is 3.22. The largest absolute Gasteiger partial charge is 0.496 e. The number of nitrogens with zero attached hydrogens (tertiary/aromatic N) is 1. The molecule has 0 unspecified atom stereocenters. The number of benzene rings is 1. The first-order valence-electron chi connectivity index (χ1n) is 7.12. The minimum absolute atomic E-state index is 0.0211. The molecule has 8 heteroatoms. The first-order chi connectivity index (χ1) is 11.3. The standard InChI is InChI=1S/C16H18N2O5S/c1-11-5-6-17-13(7-11)10-18-24(21,22)14-3-4-15(23-2)12(8-14)9-16(19)20/h3-8,18H,9-10H2,1-2H3,(H,19,20). The average Bonchev–Trinajstić information content (AvgIpc) is 2.52. The van der Waals surface area contributed by atoms with Gasteiger partial charge in [-0.25, -0.2) is 13.1 Å². The molecule has 0 fully saturated rings. The summed E-state index contributed by atoms with van der Waals surface area (Å²) >= 11 is 0.